The van der Waals surface area contributed by atoms with Crippen molar-refractivity contribution in [2.45, 2.75) is 71.4 Å². The minimum atomic E-state index is -3.48. The molecule has 1 atom stereocenters. The van der Waals surface area contributed by atoms with E-state index in [1.807, 2.05) is 18.7 Å². The van der Waals surface area contributed by atoms with Crippen LogP contribution in [0.4, 0.5) is 0 Å². The molecule has 1 aliphatic heterocycles. The van der Waals surface area contributed by atoms with Gasteiger partial charge in [0, 0.05) is 12.6 Å². The number of likely N-dealkylation sites (tertiary alicyclic amines) is 1. The summed E-state index contributed by atoms with van der Waals surface area (Å²) < 4.78 is 31.6. The monoisotopic (exact) mass is 360 g/mol. The first-order valence-electron chi connectivity index (χ1n) is 9.11. The molecule has 0 radical (unpaired) electrons. The standard InChI is InChI=1S/C17H32N2O4S/c1-14(2)23-9-10-24(21,22)18-12-16(20)19-13-17(11-15(19)3)7-5-4-6-8-17/h14-15,18H,4-13H2,1-3H3/t15-/m1/s1. The van der Waals surface area contributed by atoms with E-state index in [9.17, 15) is 13.2 Å². The van der Waals surface area contributed by atoms with Gasteiger partial charge >= 0.3 is 0 Å². The fraction of sp³-hybridized carbons (Fsp3) is 0.941. The van der Waals surface area contributed by atoms with E-state index >= 15 is 0 Å². The third-order valence-corrected chi connectivity index (χ3v) is 6.54. The Kier molecular flexibility index (Phi) is 6.67. The first-order chi connectivity index (χ1) is 11.2. The number of ether oxygens (including phenoxy) is 1. The Bertz CT molecular complexity index is 527. The highest BCUT2D eigenvalue weighted by Crippen LogP contribution is 2.46. The number of carbonyl (C=O) groups is 1. The van der Waals surface area contributed by atoms with Crippen molar-refractivity contribution in [1.82, 2.24) is 9.62 Å². The minimum Gasteiger partial charge on any atom is -0.378 e. The number of amides is 1. The van der Waals surface area contributed by atoms with Gasteiger partial charge in [0.25, 0.3) is 0 Å². The Morgan fingerprint density at radius 3 is 2.58 bits per heavy atom. The number of nitrogens with one attached hydrogen (secondary N) is 1. The van der Waals surface area contributed by atoms with E-state index in [0.717, 1.165) is 13.0 Å². The zero-order valence-electron chi connectivity index (χ0n) is 15.2. The van der Waals surface area contributed by atoms with E-state index in [4.69, 9.17) is 4.74 Å². The van der Waals surface area contributed by atoms with Crippen molar-refractivity contribution >= 4 is 15.9 Å². The maximum absolute atomic E-state index is 12.5. The van der Waals surface area contributed by atoms with Gasteiger partial charge in [0.2, 0.25) is 15.9 Å². The van der Waals surface area contributed by atoms with Crippen LogP contribution in [-0.2, 0) is 19.6 Å². The van der Waals surface area contributed by atoms with Crippen LogP contribution in [0.1, 0.15) is 59.3 Å². The third kappa shape index (κ3) is 5.43. The van der Waals surface area contributed by atoms with Gasteiger partial charge in [-0.15, -0.1) is 0 Å². The van der Waals surface area contributed by atoms with Crippen molar-refractivity contribution in [3.8, 4) is 0 Å². The lowest BCUT2D eigenvalue weighted by molar-refractivity contribution is -0.130. The molecule has 7 heteroatoms. The number of hydrogen-bond donors (Lipinski definition) is 1. The lowest BCUT2D eigenvalue weighted by Gasteiger charge is -2.33. The Balaban J connectivity index is 1.81. The summed E-state index contributed by atoms with van der Waals surface area (Å²) in [5.41, 5.74) is 0.275. The molecule has 1 saturated carbocycles. The lowest BCUT2D eigenvalue weighted by Crippen LogP contribution is -2.43. The highest BCUT2D eigenvalue weighted by atomic mass is 32.2. The second-order valence-electron chi connectivity index (χ2n) is 7.69. The van der Waals surface area contributed by atoms with Gasteiger partial charge in [-0.1, -0.05) is 19.3 Å². The van der Waals surface area contributed by atoms with Crippen molar-refractivity contribution in [2.75, 3.05) is 25.4 Å². The van der Waals surface area contributed by atoms with Crippen LogP contribution in [0.15, 0.2) is 0 Å². The molecule has 1 N–H and O–H groups in total. The average molecular weight is 361 g/mol. The first kappa shape index (κ1) is 19.7. The largest absolute Gasteiger partial charge is 0.378 e. The smallest absolute Gasteiger partial charge is 0.237 e. The van der Waals surface area contributed by atoms with E-state index in [1.54, 1.807) is 0 Å². The number of nitrogens with zero attached hydrogens (tertiary/aromatic N) is 1. The molecule has 24 heavy (non-hydrogen) atoms. The van der Waals surface area contributed by atoms with Gasteiger partial charge in [0.1, 0.15) is 0 Å². The maximum Gasteiger partial charge on any atom is 0.237 e. The third-order valence-electron chi connectivity index (χ3n) is 5.25. The van der Waals surface area contributed by atoms with Crippen molar-refractivity contribution in [1.29, 1.82) is 0 Å². The van der Waals surface area contributed by atoms with Crippen LogP contribution < -0.4 is 4.72 Å². The first-order valence-corrected chi connectivity index (χ1v) is 10.8. The van der Waals surface area contributed by atoms with Crippen LogP contribution in [0.25, 0.3) is 0 Å². The zero-order chi connectivity index (χ0) is 17.8. The molecular weight excluding hydrogens is 328 g/mol. The van der Waals surface area contributed by atoms with E-state index < -0.39 is 10.0 Å². The number of carbonyl (C=O) groups excluding carboxylic acids is 1. The van der Waals surface area contributed by atoms with E-state index in [2.05, 4.69) is 11.6 Å². The molecule has 1 saturated heterocycles. The Hall–Kier alpha value is -0.660. The van der Waals surface area contributed by atoms with Crippen molar-refractivity contribution in [2.24, 2.45) is 5.41 Å². The summed E-state index contributed by atoms with van der Waals surface area (Å²) in [4.78, 5) is 14.4. The molecule has 0 bridgehead atoms. The van der Waals surface area contributed by atoms with Crippen LogP contribution in [0, 0.1) is 5.41 Å². The highest BCUT2D eigenvalue weighted by Gasteiger charge is 2.44. The summed E-state index contributed by atoms with van der Waals surface area (Å²) in [5.74, 6) is -0.226. The number of rotatable bonds is 7. The SMILES string of the molecule is CC(C)OCCS(=O)(=O)NCC(=O)N1CC2(CCCCC2)C[C@H]1C. The van der Waals surface area contributed by atoms with Gasteiger partial charge in [0.15, 0.2) is 0 Å². The van der Waals surface area contributed by atoms with Gasteiger partial charge in [-0.3, -0.25) is 4.79 Å². The fourth-order valence-corrected chi connectivity index (χ4v) is 4.86. The molecule has 1 spiro atoms. The van der Waals surface area contributed by atoms with E-state index in [-0.39, 0.29) is 42.4 Å². The van der Waals surface area contributed by atoms with E-state index in [0.29, 0.717) is 0 Å². The molecule has 6 nitrogen and oxygen atoms in total. The number of hydrogen-bond acceptors (Lipinski definition) is 4. The molecule has 0 aromatic carbocycles. The molecular formula is C17H32N2O4S. The highest BCUT2D eigenvalue weighted by molar-refractivity contribution is 7.89. The van der Waals surface area contributed by atoms with Gasteiger partial charge in [-0.05, 0) is 45.4 Å². The normalized spacial score (nSPS) is 24.0. The van der Waals surface area contributed by atoms with E-state index in [1.165, 1.54) is 32.1 Å². The molecule has 1 heterocycles. The van der Waals surface area contributed by atoms with Crippen molar-refractivity contribution < 1.29 is 17.9 Å². The average Bonchev–Trinajstić information content (AvgIpc) is 2.81. The van der Waals surface area contributed by atoms with Gasteiger partial charge in [0.05, 0.1) is 25.0 Å². The van der Waals surface area contributed by atoms with Crippen LogP contribution >= 0.6 is 0 Å². The Morgan fingerprint density at radius 1 is 1.29 bits per heavy atom. The summed E-state index contributed by atoms with van der Waals surface area (Å²) in [6, 6.07) is 0.198. The molecule has 0 aromatic rings. The molecule has 2 aliphatic rings. The van der Waals surface area contributed by atoms with Crippen molar-refractivity contribution in [3.63, 3.8) is 0 Å². The quantitative estimate of drug-likeness (QED) is 0.752. The summed E-state index contributed by atoms with van der Waals surface area (Å²) in [5, 5.41) is 0. The van der Waals surface area contributed by atoms with Gasteiger partial charge in [-0.25, -0.2) is 13.1 Å². The summed E-state index contributed by atoms with van der Waals surface area (Å²) in [6.45, 7) is 6.57. The van der Waals surface area contributed by atoms with Crippen LogP contribution in [0.5, 0.6) is 0 Å². The summed E-state index contributed by atoms with van der Waals surface area (Å²) in [7, 11) is -3.48. The summed E-state index contributed by atoms with van der Waals surface area (Å²) >= 11 is 0. The Labute approximate surface area is 146 Å². The van der Waals surface area contributed by atoms with Crippen LogP contribution in [0.2, 0.25) is 0 Å². The second kappa shape index (κ2) is 8.15. The Morgan fingerprint density at radius 2 is 1.96 bits per heavy atom. The molecule has 1 amide bonds. The van der Waals surface area contributed by atoms with Crippen LogP contribution in [-0.4, -0.2) is 56.8 Å². The maximum atomic E-state index is 12.5. The summed E-state index contributed by atoms with van der Waals surface area (Å²) in [6.07, 6.45) is 7.22. The van der Waals surface area contributed by atoms with Crippen molar-refractivity contribution in [3.05, 3.63) is 0 Å². The predicted molar refractivity (Wildman–Crippen MR) is 94.2 cm³/mol. The topological polar surface area (TPSA) is 75.7 Å². The molecule has 140 valence electrons. The lowest BCUT2D eigenvalue weighted by atomic mass is 9.73. The van der Waals surface area contributed by atoms with Gasteiger partial charge in [-0.2, -0.15) is 0 Å². The minimum absolute atomic E-state index is 0.000959. The van der Waals surface area contributed by atoms with Crippen LogP contribution in [0.3, 0.4) is 0 Å². The predicted octanol–water partition coefficient (Wildman–Crippen LogP) is 1.90. The molecule has 0 unspecified atom stereocenters. The van der Waals surface area contributed by atoms with Gasteiger partial charge < -0.3 is 9.64 Å². The fourth-order valence-electron chi connectivity index (χ4n) is 4.06. The molecule has 0 aromatic heterocycles. The number of sulfonamides is 1. The molecule has 1 aliphatic carbocycles. The second-order valence-corrected chi connectivity index (χ2v) is 9.62. The zero-order valence-corrected chi connectivity index (χ0v) is 16.0. The molecule has 2 fully saturated rings. The molecule has 2 rings (SSSR count).